The third-order valence-electron chi connectivity index (χ3n) is 16.8. The SMILES string of the molecule is Cc1cc(C(c2ccccc2)c2ccccc2)c(-n2c[n+](-c3c(C(c4ccccc4)c4ccccc4)cc(C)cc3C(c3ccccc3)c3ccccc3)c3c2-c2cccc4cccc-3c24)c(C(c2ccccc2)c2ccccc2)c1.[Cl-]. The summed E-state index contributed by atoms with van der Waals surface area (Å²) in [5.41, 5.74) is 24.5. The Kier molecular flexibility index (Phi) is 14.2. The number of rotatable bonds is 14. The summed E-state index contributed by atoms with van der Waals surface area (Å²) < 4.78 is 5.28. The van der Waals surface area contributed by atoms with Gasteiger partial charge in [0.2, 0.25) is 0 Å². The van der Waals surface area contributed by atoms with Gasteiger partial charge in [-0.1, -0.05) is 302 Å². The molecule has 1 heterocycles. The molecule has 12 aromatic carbocycles. The van der Waals surface area contributed by atoms with Gasteiger partial charge in [0.05, 0.1) is 0 Å². The topological polar surface area (TPSA) is 8.81 Å². The minimum absolute atomic E-state index is 0. The van der Waals surface area contributed by atoms with Crippen LogP contribution in [0.5, 0.6) is 0 Å². The third kappa shape index (κ3) is 9.35. The number of benzene rings is 12. The summed E-state index contributed by atoms with van der Waals surface area (Å²) in [5, 5.41) is 2.50. The van der Waals surface area contributed by atoms with E-state index in [0.717, 1.165) is 0 Å². The highest BCUT2D eigenvalue weighted by Gasteiger charge is 2.42. The molecule has 14 rings (SSSR count). The van der Waals surface area contributed by atoms with Crippen LogP contribution in [0.25, 0.3) is 44.7 Å². The Hall–Kier alpha value is -9.60. The second kappa shape index (κ2) is 22.5. The lowest BCUT2D eigenvalue weighted by molar-refractivity contribution is -0.584. The van der Waals surface area contributed by atoms with Gasteiger partial charge in [-0.25, -0.2) is 0 Å². The lowest BCUT2D eigenvalue weighted by atomic mass is 9.78. The molecule has 0 radical (unpaired) electrons. The Morgan fingerprint density at radius 3 is 0.902 bits per heavy atom. The first-order chi connectivity index (χ1) is 40.1. The van der Waals surface area contributed by atoms with Gasteiger partial charge in [0.1, 0.15) is 11.4 Å². The highest BCUT2D eigenvalue weighted by atomic mass is 35.5. The average molecular weight is 1070 g/mol. The first-order valence-electron chi connectivity index (χ1n) is 28.5. The van der Waals surface area contributed by atoms with Crippen molar-refractivity contribution in [2.24, 2.45) is 0 Å². The molecule has 0 N–H and O–H groups in total. The van der Waals surface area contributed by atoms with Gasteiger partial charge in [-0.3, -0.25) is 0 Å². The predicted molar refractivity (Wildman–Crippen MR) is 334 cm³/mol. The Morgan fingerprint density at radius 2 is 0.585 bits per heavy atom. The summed E-state index contributed by atoms with van der Waals surface area (Å²) >= 11 is 0. The predicted octanol–water partition coefficient (Wildman–Crippen LogP) is 15.9. The van der Waals surface area contributed by atoms with Crippen molar-refractivity contribution >= 4 is 10.8 Å². The molecule has 82 heavy (non-hydrogen) atoms. The molecule has 394 valence electrons. The maximum Gasteiger partial charge on any atom is 0.255 e. The molecule has 0 saturated carbocycles. The smallest absolute Gasteiger partial charge is 0.255 e. The van der Waals surface area contributed by atoms with Gasteiger partial charge in [-0.05, 0) is 75.9 Å². The quantitative estimate of drug-likeness (QED) is 0.0758. The zero-order chi connectivity index (χ0) is 54.2. The van der Waals surface area contributed by atoms with Gasteiger partial charge in [0.15, 0.2) is 11.4 Å². The molecule has 0 fully saturated rings. The standard InChI is InChI=1S/C79H61N2.ClH/c1-54-49-67(71(56-29-11-3-12-30-56)57-31-13-4-14-32-57)76(68(50-54)72(58-33-15-5-16-34-58)59-35-17-6-18-36-59)80-53-81(79-66-48-28-46-64-45-27-47-65(75(64)66)78(79)80)77-69(73(60-37-19-7-20-38-60)61-39-21-8-22-40-61)51-55(2)52-70(77)74(62-41-23-9-24-42-62)63-43-25-10-26-44-63;/h3-53,71-74H,1-2H3;1H/q+1;/p-1. The van der Waals surface area contributed by atoms with E-state index in [2.05, 4.69) is 333 Å². The Balaban J connectivity index is 0.00000631. The van der Waals surface area contributed by atoms with Crippen molar-refractivity contribution in [3.63, 3.8) is 0 Å². The second-order valence-electron chi connectivity index (χ2n) is 21.9. The molecule has 0 bridgehead atoms. The molecule has 13 aromatic rings. The van der Waals surface area contributed by atoms with Crippen LogP contribution in [0.1, 0.15) is 102 Å². The first-order valence-corrected chi connectivity index (χ1v) is 28.5. The van der Waals surface area contributed by atoms with E-state index in [4.69, 9.17) is 0 Å². The van der Waals surface area contributed by atoms with Crippen LogP contribution >= 0.6 is 0 Å². The van der Waals surface area contributed by atoms with Gasteiger partial charge in [0.25, 0.3) is 6.33 Å². The number of imidazole rings is 1. The summed E-state index contributed by atoms with van der Waals surface area (Å²) in [6, 6.07) is 113. The molecule has 0 unspecified atom stereocenters. The highest BCUT2D eigenvalue weighted by Crippen LogP contribution is 2.52. The van der Waals surface area contributed by atoms with E-state index in [1.807, 2.05) is 0 Å². The summed E-state index contributed by atoms with van der Waals surface area (Å²) in [7, 11) is 0. The van der Waals surface area contributed by atoms with Crippen LogP contribution in [0.3, 0.4) is 0 Å². The van der Waals surface area contributed by atoms with Crippen molar-refractivity contribution in [1.29, 1.82) is 0 Å². The highest BCUT2D eigenvalue weighted by molar-refractivity contribution is 6.13. The molecule has 1 aliphatic carbocycles. The molecule has 1 aromatic heterocycles. The van der Waals surface area contributed by atoms with Crippen LogP contribution in [0.4, 0.5) is 0 Å². The van der Waals surface area contributed by atoms with Gasteiger partial charge in [0, 0.05) is 62.4 Å². The van der Waals surface area contributed by atoms with Crippen molar-refractivity contribution in [3.8, 4) is 33.9 Å². The van der Waals surface area contributed by atoms with Gasteiger partial charge in [-0.2, -0.15) is 9.13 Å². The summed E-state index contributed by atoms with van der Waals surface area (Å²) in [6.07, 6.45) is 2.49. The third-order valence-corrected chi connectivity index (χ3v) is 16.8. The van der Waals surface area contributed by atoms with Crippen molar-refractivity contribution in [2.45, 2.75) is 37.5 Å². The molecule has 0 amide bonds. The number of hydrogen-bond donors (Lipinski definition) is 0. The normalized spacial score (nSPS) is 11.6. The molecule has 0 atom stereocenters. The van der Waals surface area contributed by atoms with E-state index in [1.165, 1.54) is 123 Å². The molecule has 0 spiro atoms. The van der Waals surface area contributed by atoms with Crippen molar-refractivity contribution in [2.75, 3.05) is 0 Å². The lowest BCUT2D eigenvalue weighted by Gasteiger charge is -2.27. The zero-order valence-electron chi connectivity index (χ0n) is 46.0. The van der Waals surface area contributed by atoms with E-state index in [1.54, 1.807) is 0 Å². The minimum Gasteiger partial charge on any atom is -1.00 e. The number of aromatic nitrogens is 2. The lowest BCUT2D eigenvalue weighted by Crippen LogP contribution is -3.00. The van der Waals surface area contributed by atoms with Crippen LogP contribution < -0.4 is 17.0 Å². The van der Waals surface area contributed by atoms with Gasteiger partial charge in [-0.15, -0.1) is 0 Å². The van der Waals surface area contributed by atoms with Crippen molar-refractivity contribution in [1.82, 2.24) is 4.57 Å². The Labute approximate surface area is 488 Å². The van der Waals surface area contributed by atoms with Crippen LogP contribution in [0.2, 0.25) is 0 Å². The van der Waals surface area contributed by atoms with E-state index in [0.29, 0.717) is 0 Å². The van der Waals surface area contributed by atoms with Crippen LogP contribution in [0.15, 0.2) is 310 Å². The van der Waals surface area contributed by atoms with Crippen molar-refractivity contribution < 1.29 is 17.0 Å². The number of nitrogens with zero attached hydrogens (tertiary/aromatic N) is 2. The molecule has 3 heteroatoms. The number of hydrogen-bond acceptors (Lipinski definition) is 0. The molecule has 1 aliphatic rings. The molecule has 0 aliphatic heterocycles. The number of fused-ring (bicyclic) bond motifs is 3. The zero-order valence-corrected chi connectivity index (χ0v) is 46.8. The van der Waals surface area contributed by atoms with E-state index in [-0.39, 0.29) is 36.1 Å². The fourth-order valence-corrected chi connectivity index (χ4v) is 13.5. The monoisotopic (exact) mass is 1070 g/mol. The Bertz CT molecular complexity index is 3690. The average Bonchev–Trinajstić information content (AvgIpc) is 3.64. The summed E-state index contributed by atoms with van der Waals surface area (Å²) in [6.45, 7) is 4.58. The van der Waals surface area contributed by atoms with Crippen LogP contribution in [0, 0.1) is 13.8 Å². The Morgan fingerprint density at radius 1 is 0.305 bits per heavy atom. The molecular weight excluding hydrogens is 1010 g/mol. The maximum absolute atomic E-state index is 2.64. The first kappa shape index (κ1) is 51.8. The number of aryl methyl sites for hydroxylation is 2. The summed E-state index contributed by atoms with van der Waals surface area (Å²) in [4.78, 5) is 0. The van der Waals surface area contributed by atoms with Gasteiger partial charge < -0.3 is 12.4 Å². The van der Waals surface area contributed by atoms with E-state index in [9.17, 15) is 0 Å². The molecule has 2 nitrogen and oxygen atoms in total. The fourth-order valence-electron chi connectivity index (χ4n) is 13.5. The van der Waals surface area contributed by atoms with Crippen LogP contribution in [-0.2, 0) is 0 Å². The molecule has 0 saturated heterocycles. The minimum atomic E-state index is -0.120. The number of halogens is 1. The fraction of sp³-hybridized carbons (Fsp3) is 0.0759. The maximum atomic E-state index is 2.64. The summed E-state index contributed by atoms with van der Waals surface area (Å²) in [5.74, 6) is -0.478. The van der Waals surface area contributed by atoms with Gasteiger partial charge >= 0.3 is 0 Å². The molecular formula is C79H61ClN2. The van der Waals surface area contributed by atoms with E-state index >= 15 is 0 Å². The van der Waals surface area contributed by atoms with Crippen molar-refractivity contribution in [3.05, 3.63) is 388 Å². The largest absolute Gasteiger partial charge is 1.00 e. The second-order valence-corrected chi connectivity index (χ2v) is 21.9. The van der Waals surface area contributed by atoms with E-state index < -0.39 is 0 Å². The van der Waals surface area contributed by atoms with Crippen LogP contribution in [-0.4, -0.2) is 4.57 Å².